The third-order valence-electron chi connectivity index (χ3n) is 2.10. The van der Waals surface area contributed by atoms with Gasteiger partial charge in [0.25, 0.3) is 0 Å². The van der Waals surface area contributed by atoms with Crippen LogP contribution in [0.1, 0.15) is 5.56 Å². The zero-order valence-corrected chi connectivity index (χ0v) is 8.30. The van der Waals surface area contributed by atoms with Gasteiger partial charge in [0.05, 0.1) is 4.92 Å². The molecule has 2 N–H and O–H groups in total. The van der Waals surface area contributed by atoms with Crippen molar-refractivity contribution in [1.82, 2.24) is 0 Å². The number of nitro groups is 1. The summed E-state index contributed by atoms with van der Waals surface area (Å²) in [6.45, 7) is 1.92. The Morgan fingerprint density at radius 3 is 2.79 bits per heavy atom. The van der Waals surface area contributed by atoms with Crippen molar-refractivity contribution in [3.8, 4) is 0 Å². The molecule has 5 heteroatoms. The molecule has 0 aliphatic rings. The van der Waals surface area contributed by atoms with E-state index in [2.05, 4.69) is 0 Å². The van der Waals surface area contributed by atoms with Crippen molar-refractivity contribution in [1.29, 1.82) is 0 Å². The monoisotopic (exact) mass is 208 g/mol. The molecular weight excluding hydrogens is 200 g/mol. The summed E-state index contributed by atoms with van der Waals surface area (Å²) in [5, 5.41) is 11.5. The van der Waals surface area contributed by atoms with E-state index in [1.165, 1.54) is 0 Å². The predicted molar refractivity (Wildman–Crippen MR) is 57.6 cm³/mol. The standard InChI is InChI=1S/C9H8N2O2S/c1-5-3-2-4-6-7(10)9(11(12)13)14-8(5)6/h2-4H,10H2,1H3. The summed E-state index contributed by atoms with van der Waals surface area (Å²) in [5.41, 5.74) is 6.97. The number of benzene rings is 1. The lowest BCUT2D eigenvalue weighted by atomic mass is 10.2. The molecule has 0 amide bonds. The molecule has 0 spiro atoms. The Hall–Kier alpha value is -1.62. The van der Waals surface area contributed by atoms with Crippen LogP contribution >= 0.6 is 11.3 Å². The minimum atomic E-state index is -0.431. The highest BCUT2D eigenvalue weighted by atomic mass is 32.1. The third kappa shape index (κ3) is 1.13. The van der Waals surface area contributed by atoms with Crippen molar-refractivity contribution < 1.29 is 4.92 Å². The van der Waals surface area contributed by atoms with Crippen LogP contribution < -0.4 is 5.73 Å². The first kappa shape index (κ1) is 8.96. The van der Waals surface area contributed by atoms with Gasteiger partial charge in [-0.2, -0.15) is 0 Å². The summed E-state index contributed by atoms with van der Waals surface area (Å²) in [5.74, 6) is 0. The van der Waals surface area contributed by atoms with Gasteiger partial charge in [0.15, 0.2) is 0 Å². The lowest BCUT2D eigenvalue weighted by molar-refractivity contribution is -0.379. The summed E-state index contributed by atoms with van der Waals surface area (Å²) < 4.78 is 0.900. The zero-order chi connectivity index (χ0) is 10.3. The summed E-state index contributed by atoms with van der Waals surface area (Å²) in [6, 6.07) is 5.58. The molecule has 0 atom stereocenters. The van der Waals surface area contributed by atoms with Gasteiger partial charge in [0, 0.05) is 10.1 Å². The topological polar surface area (TPSA) is 69.2 Å². The maximum absolute atomic E-state index is 10.6. The lowest BCUT2D eigenvalue weighted by Crippen LogP contribution is -1.90. The van der Waals surface area contributed by atoms with Gasteiger partial charge in [-0.1, -0.05) is 29.5 Å². The average Bonchev–Trinajstić information content (AvgIpc) is 2.46. The Morgan fingerprint density at radius 1 is 1.50 bits per heavy atom. The molecule has 0 bridgehead atoms. The minimum absolute atomic E-state index is 0.0364. The van der Waals surface area contributed by atoms with E-state index < -0.39 is 4.92 Å². The van der Waals surface area contributed by atoms with E-state index in [0.717, 1.165) is 27.0 Å². The van der Waals surface area contributed by atoms with Crippen LogP contribution in [-0.2, 0) is 0 Å². The predicted octanol–water partition coefficient (Wildman–Crippen LogP) is 2.70. The molecule has 14 heavy (non-hydrogen) atoms. The van der Waals surface area contributed by atoms with E-state index in [4.69, 9.17) is 5.73 Å². The summed E-state index contributed by atoms with van der Waals surface area (Å²) in [4.78, 5) is 10.2. The second-order valence-corrected chi connectivity index (χ2v) is 4.03. The number of aryl methyl sites for hydroxylation is 1. The Morgan fingerprint density at radius 2 is 2.21 bits per heavy atom. The number of nitrogens with two attached hydrogens (primary N) is 1. The molecule has 0 aliphatic carbocycles. The second-order valence-electron chi connectivity index (χ2n) is 3.03. The first-order valence-electron chi connectivity index (χ1n) is 4.03. The van der Waals surface area contributed by atoms with Crippen molar-refractivity contribution >= 4 is 32.1 Å². The lowest BCUT2D eigenvalue weighted by Gasteiger charge is -1.92. The largest absolute Gasteiger partial charge is 0.392 e. The van der Waals surface area contributed by atoms with Gasteiger partial charge in [-0.3, -0.25) is 10.1 Å². The van der Waals surface area contributed by atoms with Crippen molar-refractivity contribution in [2.75, 3.05) is 5.73 Å². The molecule has 0 unspecified atom stereocenters. The van der Waals surface area contributed by atoms with Gasteiger partial charge in [-0.25, -0.2) is 0 Å². The van der Waals surface area contributed by atoms with E-state index in [0.29, 0.717) is 0 Å². The van der Waals surface area contributed by atoms with Crippen LogP contribution in [0.15, 0.2) is 18.2 Å². The highest BCUT2D eigenvalue weighted by Gasteiger charge is 2.19. The van der Waals surface area contributed by atoms with Gasteiger partial charge in [0.1, 0.15) is 5.69 Å². The average molecular weight is 208 g/mol. The number of rotatable bonds is 1. The second kappa shape index (κ2) is 2.95. The highest BCUT2D eigenvalue weighted by Crippen LogP contribution is 2.40. The Labute approximate surface area is 84.1 Å². The van der Waals surface area contributed by atoms with Crippen molar-refractivity contribution in [2.24, 2.45) is 0 Å². The van der Waals surface area contributed by atoms with E-state index >= 15 is 0 Å². The van der Waals surface area contributed by atoms with Crippen molar-refractivity contribution in [3.05, 3.63) is 33.9 Å². The van der Waals surface area contributed by atoms with Gasteiger partial charge in [-0.05, 0) is 12.5 Å². The first-order chi connectivity index (χ1) is 6.61. The summed E-state index contributed by atoms with van der Waals surface area (Å²) >= 11 is 1.13. The Kier molecular flexibility index (Phi) is 1.89. The van der Waals surface area contributed by atoms with Crippen LogP contribution in [0.25, 0.3) is 10.1 Å². The minimum Gasteiger partial charge on any atom is -0.392 e. The number of thiophene rings is 1. The molecule has 0 radical (unpaired) electrons. The van der Waals surface area contributed by atoms with Crippen molar-refractivity contribution in [3.63, 3.8) is 0 Å². The van der Waals surface area contributed by atoms with Gasteiger partial charge in [-0.15, -0.1) is 0 Å². The maximum atomic E-state index is 10.6. The maximum Gasteiger partial charge on any atom is 0.348 e. The smallest absolute Gasteiger partial charge is 0.348 e. The van der Waals surface area contributed by atoms with Gasteiger partial charge >= 0.3 is 5.00 Å². The van der Waals surface area contributed by atoms with Crippen LogP contribution in [0.4, 0.5) is 10.7 Å². The molecule has 1 heterocycles. The first-order valence-corrected chi connectivity index (χ1v) is 4.85. The molecule has 0 fully saturated rings. The Bertz CT molecular complexity index is 519. The van der Waals surface area contributed by atoms with E-state index in [1.54, 1.807) is 6.07 Å². The van der Waals surface area contributed by atoms with Gasteiger partial charge < -0.3 is 5.73 Å². The molecule has 2 rings (SSSR count). The molecule has 0 saturated heterocycles. The normalized spacial score (nSPS) is 10.6. The van der Waals surface area contributed by atoms with Crippen LogP contribution in [0.3, 0.4) is 0 Å². The summed E-state index contributed by atoms with van der Waals surface area (Å²) in [6.07, 6.45) is 0. The number of fused-ring (bicyclic) bond motifs is 1. The molecule has 0 aliphatic heterocycles. The fourth-order valence-corrected chi connectivity index (χ4v) is 2.41. The molecule has 1 aromatic carbocycles. The van der Waals surface area contributed by atoms with E-state index in [9.17, 15) is 10.1 Å². The molecule has 0 saturated carbocycles. The molecule has 2 aromatic rings. The highest BCUT2D eigenvalue weighted by molar-refractivity contribution is 7.23. The zero-order valence-electron chi connectivity index (χ0n) is 7.48. The number of nitrogen functional groups attached to an aromatic ring is 1. The fraction of sp³-hybridized carbons (Fsp3) is 0.111. The van der Waals surface area contributed by atoms with Crippen LogP contribution in [-0.4, -0.2) is 4.92 Å². The number of hydrogen-bond acceptors (Lipinski definition) is 4. The van der Waals surface area contributed by atoms with Gasteiger partial charge in [0.2, 0.25) is 0 Å². The van der Waals surface area contributed by atoms with Crippen LogP contribution in [0, 0.1) is 17.0 Å². The third-order valence-corrected chi connectivity index (χ3v) is 3.41. The Balaban J connectivity index is 2.86. The number of hydrogen-bond donors (Lipinski definition) is 1. The van der Waals surface area contributed by atoms with Crippen LogP contribution in [0.5, 0.6) is 0 Å². The number of anilines is 1. The van der Waals surface area contributed by atoms with Crippen molar-refractivity contribution in [2.45, 2.75) is 6.92 Å². The fourth-order valence-electron chi connectivity index (χ4n) is 1.40. The van der Waals surface area contributed by atoms with E-state index in [1.807, 2.05) is 19.1 Å². The summed E-state index contributed by atoms with van der Waals surface area (Å²) in [7, 11) is 0. The SMILES string of the molecule is Cc1cccc2c(N)c([N+](=O)[O-])sc12. The molecule has 1 aromatic heterocycles. The van der Waals surface area contributed by atoms with E-state index in [-0.39, 0.29) is 10.7 Å². The van der Waals surface area contributed by atoms with Crippen LogP contribution in [0.2, 0.25) is 0 Å². The number of nitrogens with zero attached hydrogens (tertiary/aromatic N) is 1. The quantitative estimate of drug-likeness (QED) is 0.578. The molecular formula is C9H8N2O2S. The molecule has 4 nitrogen and oxygen atoms in total. The molecule has 72 valence electrons.